The quantitative estimate of drug-likeness (QED) is 0.467. The highest BCUT2D eigenvalue weighted by atomic mass is 16.6. The van der Waals surface area contributed by atoms with E-state index < -0.39 is 6.09 Å². The van der Waals surface area contributed by atoms with E-state index in [0.29, 0.717) is 24.3 Å². The molecule has 40 heavy (non-hydrogen) atoms. The van der Waals surface area contributed by atoms with Crippen LogP contribution in [-0.4, -0.2) is 75.9 Å². The molecule has 2 aromatic heterocycles. The molecule has 3 aromatic rings. The highest BCUT2D eigenvalue weighted by Crippen LogP contribution is 2.19. The zero-order valence-corrected chi connectivity index (χ0v) is 23.4. The first kappa shape index (κ1) is 27.7. The van der Waals surface area contributed by atoms with E-state index in [0.717, 1.165) is 56.6 Å². The molecule has 4 heterocycles. The maximum absolute atomic E-state index is 12.7. The van der Waals surface area contributed by atoms with Crippen molar-refractivity contribution < 1.29 is 14.3 Å². The number of piperidine rings is 1. The maximum atomic E-state index is 12.7. The Bertz CT molecular complexity index is 1290. The van der Waals surface area contributed by atoms with Gasteiger partial charge in [-0.25, -0.2) is 9.78 Å². The van der Waals surface area contributed by atoms with Gasteiger partial charge in [-0.05, 0) is 68.1 Å². The number of ether oxygens (including phenoxy) is 1. The number of nitrogens with one attached hydrogen (secondary N) is 1. The number of rotatable bonds is 7. The largest absolute Gasteiger partial charge is 0.416 e. The van der Waals surface area contributed by atoms with E-state index in [9.17, 15) is 9.59 Å². The number of carbonyl (C=O) groups excluding carboxylic acids is 2. The molecule has 0 radical (unpaired) electrons. The first-order valence-corrected chi connectivity index (χ1v) is 14.1. The molecule has 0 spiro atoms. The molecule has 0 bridgehead atoms. The number of pyridine rings is 2. The minimum atomic E-state index is -0.420. The highest BCUT2D eigenvalue weighted by Gasteiger charge is 2.23. The van der Waals surface area contributed by atoms with Crippen molar-refractivity contribution >= 4 is 17.7 Å². The van der Waals surface area contributed by atoms with E-state index >= 15 is 0 Å². The van der Waals surface area contributed by atoms with Gasteiger partial charge in [0.15, 0.2) is 0 Å². The smallest absolute Gasteiger partial charge is 0.391 e. The van der Waals surface area contributed by atoms with E-state index in [-0.39, 0.29) is 11.8 Å². The number of carbonyl (C=O) groups is 2. The predicted molar refractivity (Wildman–Crippen MR) is 154 cm³/mol. The van der Waals surface area contributed by atoms with Crippen molar-refractivity contribution in [3.05, 3.63) is 83.3 Å². The zero-order chi connectivity index (χ0) is 27.9. The first-order valence-electron chi connectivity index (χ1n) is 14.1. The highest BCUT2D eigenvalue weighted by molar-refractivity contribution is 6.04. The molecule has 9 nitrogen and oxygen atoms in total. The second kappa shape index (κ2) is 13.0. The molecule has 0 saturated carbocycles. The van der Waals surface area contributed by atoms with Crippen molar-refractivity contribution in [2.45, 2.75) is 39.8 Å². The number of aromatic nitrogens is 2. The van der Waals surface area contributed by atoms with Crippen molar-refractivity contribution in [2.24, 2.45) is 5.92 Å². The number of nitrogens with zero attached hydrogens (tertiary/aromatic N) is 5. The van der Waals surface area contributed by atoms with Crippen molar-refractivity contribution in [2.75, 3.05) is 44.6 Å². The van der Waals surface area contributed by atoms with Crippen molar-refractivity contribution in [3.8, 4) is 5.88 Å². The zero-order valence-electron chi connectivity index (χ0n) is 23.4. The van der Waals surface area contributed by atoms with Crippen LogP contribution in [0, 0.1) is 12.8 Å². The van der Waals surface area contributed by atoms with Gasteiger partial charge >= 0.3 is 6.09 Å². The molecule has 1 N–H and O–H groups in total. The second-order valence-corrected chi connectivity index (χ2v) is 10.9. The first-order chi connectivity index (χ1) is 19.4. The number of hydrogen-bond donors (Lipinski definition) is 1. The molecule has 1 aromatic carbocycles. The topological polar surface area (TPSA) is 90.9 Å². The fourth-order valence-electron chi connectivity index (χ4n) is 5.33. The Morgan fingerprint density at radius 2 is 1.75 bits per heavy atom. The predicted octanol–water partition coefficient (Wildman–Crippen LogP) is 4.59. The number of benzene rings is 1. The SMILES string of the molecule is Cc1cccc(CN2CCN(C(=O)Oc3ccc(NC(=O)c4ccc(CN5CCCC(C)C5)cc4)cn3)CC2)n1. The van der Waals surface area contributed by atoms with Crippen LogP contribution in [0.25, 0.3) is 0 Å². The summed E-state index contributed by atoms with van der Waals surface area (Å²) in [4.78, 5) is 40.6. The number of anilines is 1. The van der Waals surface area contributed by atoms with Gasteiger partial charge in [-0.15, -0.1) is 0 Å². The van der Waals surface area contributed by atoms with Gasteiger partial charge in [-0.1, -0.05) is 25.1 Å². The molecule has 210 valence electrons. The Hall–Kier alpha value is -3.82. The minimum Gasteiger partial charge on any atom is -0.391 e. The summed E-state index contributed by atoms with van der Waals surface area (Å²) in [6.07, 6.45) is 3.63. The van der Waals surface area contributed by atoms with Gasteiger partial charge in [-0.3, -0.25) is 19.6 Å². The summed E-state index contributed by atoms with van der Waals surface area (Å²) in [5, 5.41) is 2.86. The van der Waals surface area contributed by atoms with Crippen LogP contribution in [0.1, 0.15) is 47.1 Å². The Balaban J connectivity index is 1.06. The lowest BCUT2D eigenvalue weighted by Gasteiger charge is -2.33. The standard InChI is InChI=1S/C31H38N6O3/c1-23-5-4-14-36(20-23)21-25-8-10-26(11-9-25)30(38)34-27-12-13-29(32-19-27)40-31(39)37-17-15-35(16-18-37)22-28-7-3-6-24(2)33-28/h3,6-13,19,23H,4-5,14-18,20-22H2,1-2H3,(H,34,38). The molecular weight excluding hydrogens is 504 g/mol. The summed E-state index contributed by atoms with van der Waals surface area (Å²) in [7, 11) is 0. The number of piperazine rings is 1. The van der Waals surface area contributed by atoms with Gasteiger partial charge in [0.1, 0.15) is 0 Å². The lowest BCUT2D eigenvalue weighted by molar-refractivity contribution is 0.102. The van der Waals surface area contributed by atoms with Crippen LogP contribution >= 0.6 is 0 Å². The van der Waals surface area contributed by atoms with Gasteiger partial charge < -0.3 is 15.0 Å². The van der Waals surface area contributed by atoms with Crippen LogP contribution in [0.5, 0.6) is 5.88 Å². The number of amides is 2. The Kier molecular flexibility index (Phi) is 9.03. The average Bonchev–Trinajstić information content (AvgIpc) is 2.95. The monoisotopic (exact) mass is 542 g/mol. The van der Waals surface area contributed by atoms with Crippen LogP contribution in [0.4, 0.5) is 10.5 Å². The molecule has 2 aliphatic heterocycles. The van der Waals surface area contributed by atoms with E-state index in [1.807, 2.05) is 49.4 Å². The Morgan fingerprint density at radius 1 is 0.950 bits per heavy atom. The van der Waals surface area contributed by atoms with Crippen molar-refractivity contribution in [1.29, 1.82) is 0 Å². The summed E-state index contributed by atoms with van der Waals surface area (Å²) >= 11 is 0. The fourth-order valence-corrected chi connectivity index (χ4v) is 5.33. The van der Waals surface area contributed by atoms with Gasteiger partial charge in [0.05, 0.1) is 17.6 Å². The number of aryl methyl sites for hydroxylation is 1. The maximum Gasteiger partial charge on any atom is 0.416 e. The molecule has 2 amide bonds. The van der Waals surface area contributed by atoms with Crippen LogP contribution in [0.2, 0.25) is 0 Å². The van der Waals surface area contributed by atoms with Gasteiger partial charge in [0.2, 0.25) is 5.88 Å². The fraction of sp³-hybridized carbons (Fsp3) is 0.419. The molecule has 9 heteroatoms. The van der Waals surface area contributed by atoms with E-state index in [1.54, 1.807) is 17.0 Å². The number of likely N-dealkylation sites (tertiary alicyclic amines) is 1. The third-order valence-electron chi connectivity index (χ3n) is 7.51. The third kappa shape index (κ3) is 7.64. The van der Waals surface area contributed by atoms with Crippen LogP contribution in [0.15, 0.2) is 60.8 Å². The van der Waals surface area contributed by atoms with Gasteiger partial charge in [-0.2, -0.15) is 0 Å². The normalized spacial score (nSPS) is 18.4. The van der Waals surface area contributed by atoms with E-state index in [2.05, 4.69) is 32.0 Å². The second-order valence-electron chi connectivity index (χ2n) is 10.9. The molecule has 1 atom stereocenters. The molecule has 2 aliphatic rings. The summed E-state index contributed by atoms with van der Waals surface area (Å²) < 4.78 is 5.48. The lowest BCUT2D eigenvalue weighted by Crippen LogP contribution is -2.49. The summed E-state index contributed by atoms with van der Waals surface area (Å²) in [5.74, 6) is 0.736. The van der Waals surface area contributed by atoms with Crippen molar-refractivity contribution in [1.82, 2.24) is 24.7 Å². The van der Waals surface area contributed by atoms with Crippen LogP contribution in [-0.2, 0) is 13.1 Å². The van der Waals surface area contributed by atoms with E-state index in [1.165, 1.54) is 24.6 Å². The Labute approximate surface area is 236 Å². The molecule has 2 saturated heterocycles. The molecule has 0 aliphatic carbocycles. The van der Waals surface area contributed by atoms with E-state index in [4.69, 9.17) is 4.74 Å². The van der Waals surface area contributed by atoms with Gasteiger partial charge in [0.25, 0.3) is 5.91 Å². The summed E-state index contributed by atoms with van der Waals surface area (Å²) in [5.41, 5.74) is 4.37. The Morgan fingerprint density at radius 3 is 2.45 bits per heavy atom. The molecular formula is C31H38N6O3. The molecule has 1 unspecified atom stereocenters. The summed E-state index contributed by atoms with van der Waals surface area (Å²) in [6, 6.07) is 17.1. The lowest BCUT2D eigenvalue weighted by atomic mass is 9.99. The molecule has 5 rings (SSSR count). The molecule has 2 fully saturated rings. The minimum absolute atomic E-state index is 0.200. The van der Waals surface area contributed by atoms with Crippen LogP contribution < -0.4 is 10.1 Å². The summed E-state index contributed by atoms with van der Waals surface area (Å²) in [6.45, 7) is 10.9. The third-order valence-corrected chi connectivity index (χ3v) is 7.51. The van der Waals surface area contributed by atoms with Gasteiger partial charge in [0, 0.05) is 63.1 Å². The number of hydrogen-bond acceptors (Lipinski definition) is 7. The van der Waals surface area contributed by atoms with Crippen LogP contribution in [0.3, 0.4) is 0 Å². The average molecular weight is 543 g/mol. The van der Waals surface area contributed by atoms with Crippen molar-refractivity contribution in [3.63, 3.8) is 0 Å².